The number of morpholine rings is 1. The van der Waals surface area contributed by atoms with Crippen molar-refractivity contribution in [3.63, 3.8) is 0 Å². The van der Waals surface area contributed by atoms with Gasteiger partial charge in [-0.3, -0.25) is 19.5 Å². The number of nitrogens with one attached hydrogen (secondary N) is 2. The Kier molecular flexibility index (Phi) is 6.43. The Morgan fingerprint density at radius 2 is 2.03 bits per heavy atom. The second-order valence-electron chi connectivity index (χ2n) is 8.43. The lowest BCUT2D eigenvalue weighted by molar-refractivity contribution is 0.0312. The van der Waals surface area contributed by atoms with Crippen LogP contribution in [0.4, 0.5) is 5.95 Å². The number of anilines is 1. The minimum Gasteiger partial charge on any atom is -0.464 e. The van der Waals surface area contributed by atoms with E-state index in [9.17, 15) is 9.59 Å². The van der Waals surface area contributed by atoms with Gasteiger partial charge in [0.2, 0.25) is 5.95 Å². The number of rotatable bonds is 5. The van der Waals surface area contributed by atoms with Gasteiger partial charge in [0.1, 0.15) is 11.5 Å². The molecular weight excluding hydrogens is 398 g/mol. The predicted octanol–water partition coefficient (Wildman–Crippen LogP) is 1.52. The number of aromatic amines is 1. The van der Waals surface area contributed by atoms with Crippen molar-refractivity contribution in [2.24, 2.45) is 0 Å². The number of amides is 1. The van der Waals surface area contributed by atoms with Crippen molar-refractivity contribution in [2.75, 3.05) is 44.3 Å². The maximum absolute atomic E-state index is 12.9. The number of piperidine rings is 1. The molecule has 2 aromatic rings. The van der Waals surface area contributed by atoms with Gasteiger partial charge in [0.25, 0.3) is 11.5 Å². The standard InChI is InChI=1S/C22H31N5O4/c1-14-15(2)23-22(25-20(14)28)27-6-4-5-17(12-27)24-21(29)19-11-18(31-16(19)3)13-26-7-9-30-10-8-26/h11,17H,4-10,12-13H2,1-3H3,(H,24,29)(H,23,25,28)/t17-/m1/s1. The summed E-state index contributed by atoms with van der Waals surface area (Å²) in [6, 6.07) is 1.83. The highest BCUT2D eigenvalue weighted by Crippen LogP contribution is 2.20. The van der Waals surface area contributed by atoms with E-state index in [4.69, 9.17) is 9.15 Å². The molecule has 31 heavy (non-hydrogen) atoms. The summed E-state index contributed by atoms with van der Waals surface area (Å²) in [6.07, 6.45) is 1.79. The van der Waals surface area contributed by atoms with Crippen LogP contribution in [0, 0.1) is 20.8 Å². The smallest absolute Gasteiger partial charge is 0.255 e. The Hall–Kier alpha value is -2.65. The van der Waals surface area contributed by atoms with E-state index in [1.165, 1.54) is 0 Å². The average molecular weight is 430 g/mol. The summed E-state index contributed by atoms with van der Waals surface area (Å²) < 4.78 is 11.2. The Morgan fingerprint density at radius 3 is 2.77 bits per heavy atom. The van der Waals surface area contributed by atoms with Gasteiger partial charge in [-0.15, -0.1) is 0 Å². The van der Waals surface area contributed by atoms with Crippen LogP contribution in [0.15, 0.2) is 15.3 Å². The average Bonchev–Trinajstić information content (AvgIpc) is 3.12. The van der Waals surface area contributed by atoms with E-state index in [2.05, 4.69) is 20.2 Å². The van der Waals surface area contributed by atoms with Crippen molar-refractivity contribution in [1.82, 2.24) is 20.2 Å². The molecule has 9 nitrogen and oxygen atoms in total. The Bertz CT molecular complexity index is 992. The highest BCUT2D eigenvalue weighted by atomic mass is 16.5. The van der Waals surface area contributed by atoms with Gasteiger partial charge in [-0.1, -0.05) is 0 Å². The van der Waals surface area contributed by atoms with Crippen LogP contribution in [0.25, 0.3) is 0 Å². The first-order valence-electron chi connectivity index (χ1n) is 10.9. The van der Waals surface area contributed by atoms with Gasteiger partial charge in [0.15, 0.2) is 0 Å². The lowest BCUT2D eigenvalue weighted by Crippen LogP contribution is -2.48. The molecule has 1 atom stereocenters. The van der Waals surface area contributed by atoms with Crippen LogP contribution in [0.2, 0.25) is 0 Å². The molecule has 0 spiro atoms. The van der Waals surface area contributed by atoms with Crippen molar-refractivity contribution < 1.29 is 13.9 Å². The van der Waals surface area contributed by atoms with E-state index in [0.717, 1.165) is 57.1 Å². The maximum atomic E-state index is 12.9. The highest BCUT2D eigenvalue weighted by Gasteiger charge is 2.25. The van der Waals surface area contributed by atoms with Gasteiger partial charge < -0.3 is 19.4 Å². The van der Waals surface area contributed by atoms with Crippen LogP contribution in [0.5, 0.6) is 0 Å². The quantitative estimate of drug-likeness (QED) is 0.743. The van der Waals surface area contributed by atoms with Crippen molar-refractivity contribution in [3.8, 4) is 0 Å². The fraction of sp³-hybridized carbons (Fsp3) is 0.591. The number of hydrogen-bond acceptors (Lipinski definition) is 7. The second kappa shape index (κ2) is 9.23. The third-order valence-corrected chi connectivity index (χ3v) is 6.13. The van der Waals surface area contributed by atoms with Crippen LogP contribution in [-0.4, -0.2) is 66.2 Å². The van der Waals surface area contributed by atoms with Gasteiger partial charge in [0, 0.05) is 43.5 Å². The first-order chi connectivity index (χ1) is 14.9. The summed E-state index contributed by atoms with van der Waals surface area (Å²) >= 11 is 0. The topological polar surface area (TPSA) is 104 Å². The predicted molar refractivity (Wildman–Crippen MR) is 117 cm³/mol. The molecule has 2 N–H and O–H groups in total. The number of nitrogens with zero attached hydrogens (tertiary/aromatic N) is 3. The van der Waals surface area contributed by atoms with Gasteiger partial charge in [0.05, 0.1) is 25.3 Å². The zero-order valence-electron chi connectivity index (χ0n) is 18.5. The number of hydrogen-bond donors (Lipinski definition) is 2. The van der Waals surface area contributed by atoms with Crippen LogP contribution in [0.1, 0.15) is 46.0 Å². The number of carbonyl (C=O) groups excluding carboxylic acids is 1. The maximum Gasteiger partial charge on any atom is 0.255 e. The molecule has 0 radical (unpaired) electrons. The fourth-order valence-corrected chi connectivity index (χ4v) is 4.16. The summed E-state index contributed by atoms with van der Waals surface area (Å²) in [4.78, 5) is 36.7. The number of H-pyrrole nitrogens is 1. The van der Waals surface area contributed by atoms with Crippen molar-refractivity contribution >= 4 is 11.9 Å². The molecule has 2 aliphatic rings. The zero-order chi connectivity index (χ0) is 22.0. The van der Waals surface area contributed by atoms with Gasteiger partial charge in [-0.25, -0.2) is 4.98 Å². The lowest BCUT2D eigenvalue weighted by atomic mass is 10.1. The van der Waals surface area contributed by atoms with Crippen LogP contribution < -0.4 is 15.8 Å². The minimum absolute atomic E-state index is 0.0230. The summed E-state index contributed by atoms with van der Waals surface area (Å²) in [6.45, 7) is 10.7. The van der Waals surface area contributed by atoms with E-state index >= 15 is 0 Å². The number of aryl methyl sites for hydroxylation is 2. The van der Waals surface area contributed by atoms with E-state index < -0.39 is 0 Å². The minimum atomic E-state index is -0.122. The highest BCUT2D eigenvalue weighted by molar-refractivity contribution is 5.95. The number of carbonyl (C=O) groups is 1. The summed E-state index contributed by atoms with van der Waals surface area (Å²) in [5.74, 6) is 1.88. The number of ether oxygens (including phenoxy) is 1. The molecule has 4 rings (SSSR count). The molecule has 0 saturated carbocycles. The summed E-state index contributed by atoms with van der Waals surface area (Å²) in [5, 5.41) is 3.14. The first-order valence-corrected chi connectivity index (χ1v) is 10.9. The van der Waals surface area contributed by atoms with Gasteiger partial charge >= 0.3 is 0 Å². The van der Waals surface area contributed by atoms with Crippen LogP contribution in [0.3, 0.4) is 0 Å². The fourth-order valence-electron chi connectivity index (χ4n) is 4.16. The molecule has 168 valence electrons. The molecule has 2 aromatic heterocycles. The van der Waals surface area contributed by atoms with E-state index in [0.29, 0.717) is 35.9 Å². The molecule has 0 aliphatic carbocycles. The summed E-state index contributed by atoms with van der Waals surface area (Å²) in [7, 11) is 0. The Morgan fingerprint density at radius 1 is 1.26 bits per heavy atom. The molecule has 2 aliphatic heterocycles. The summed E-state index contributed by atoms with van der Waals surface area (Å²) in [5.41, 5.74) is 1.83. The molecule has 9 heteroatoms. The molecular formula is C22H31N5O4. The van der Waals surface area contributed by atoms with E-state index in [1.807, 2.05) is 24.8 Å². The number of aromatic nitrogens is 2. The monoisotopic (exact) mass is 429 g/mol. The Balaban J connectivity index is 1.40. The molecule has 2 saturated heterocycles. The van der Waals surface area contributed by atoms with E-state index in [-0.39, 0.29) is 17.5 Å². The molecule has 2 fully saturated rings. The van der Waals surface area contributed by atoms with Crippen LogP contribution >= 0.6 is 0 Å². The third-order valence-electron chi connectivity index (χ3n) is 6.13. The second-order valence-corrected chi connectivity index (χ2v) is 8.43. The first kappa shape index (κ1) is 21.6. The SMILES string of the molecule is Cc1nc(N2CCC[C@@H](NC(=O)c3cc(CN4CCOCC4)oc3C)C2)[nH]c(=O)c1C. The van der Waals surface area contributed by atoms with Crippen molar-refractivity contribution in [3.05, 3.63) is 44.8 Å². The molecule has 0 aromatic carbocycles. The number of furan rings is 1. The largest absolute Gasteiger partial charge is 0.464 e. The third kappa shape index (κ3) is 4.99. The lowest BCUT2D eigenvalue weighted by Gasteiger charge is -2.33. The van der Waals surface area contributed by atoms with Gasteiger partial charge in [-0.2, -0.15) is 0 Å². The van der Waals surface area contributed by atoms with Crippen molar-refractivity contribution in [2.45, 2.75) is 46.2 Å². The normalized spacial score (nSPS) is 20.1. The van der Waals surface area contributed by atoms with Crippen LogP contribution in [-0.2, 0) is 11.3 Å². The van der Waals surface area contributed by atoms with Gasteiger partial charge in [-0.05, 0) is 39.7 Å². The van der Waals surface area contributed by atoms with E-state index in [1.54, 1.807) is 6.92 Å². The molecule has 0 unspecified atom stereocenters. The molecule has 1 amide bonds. The molecule has 4 heterocycles. The van der Waals surface area contributed by atoms with Crippen molar-refractivity contribution in [1.29, 1.82) is 0 Å². The molecule has 0 bridgehead atoms. The zero-order valence-corrected chi connectivity index (χ0v) is 18.5. The Labute approximate surface area is 181 Å².